The van der Waals surface area contributed by atoms with Crippen LogP contribution in [0, 0.1) is 11.8 Å². The Labute approximate surface area is 104 Å². The van der Waals surface area contributed by atoms with E-state index in [-0.39, 0.29) is 17.6 Å². The summed E-state index contributed by atoms with van der Waals surface area (Å²) in [5, 5.41) is 12.1. The second-order valence-corrected chi connectivity index (χ2v) is 6.99. The Morgan fingerprint density at radius 2 is 2.18 bits per heavy atom. The van der Waals surface area contributed by atoms with Crippen molar-refractivity contribution in [3.63, 3.8) is 0 Å². The second kappa shape index (κ2) is 5.82. The van der Waals surface area contributed by atoms with Crippen LogP contribution in [0.2, 0.25) is 0 Å². The lowest BCUT2D eigenvalue weighted by Gasteiger charge is -2.32. The Hall–Kier alpha value is -0.620. The van der Waals surface area contributed by atoms with Gasteiger partial charge in [0.05, 0.1) is 11.5 Å². The molecular formula is C11H22N2O3S. The van der Waals surface area contributed by atoms with Crippen molar-refractivity contribution in [2.24, 2.45) is 17.0 Å². The van der Waals surface area contributed by atoms with E-state index in [1.165, 1.54) is 4.31 Å². The van der Waals surface area contributed by atoms with Gasteiger partial charge in [-0.15, -0.1) is 0 Å². The molecular weight excluding hydrogens is 240 g/mol. The second-order valence-electron chi connectivity index (χ2n) is 4.98. The molecule has 0 saturated carbocycles. The van der Waals surface area contributed by atoms with Gasteiger partial charge in [0.2, 0.25) is 10.0 Å². The zero-order valence-corrected chi connectivity index (χ0v) is 11.6. The molecule has 0 aromatic carbocycles. The van der Waals surface area contributed by atoms with Gasteiger partial charge in [0, 0.05) is 25.4 Å². The first-order chi connectivity index (χ1) is 7.90. The smallest absolute Gasteiger partial charge is 0.214 e. The molecule has 0 radical (unpaired) electrons. The lowest BCUT2D eigenvalue weighted by Crippen LogP contribution is -2.45. The minimum absolute atomic E-state index is 0.0516. The highest BCUT2D eigenvalue weighted by Gasteiger charge is 2.32. The van der Waals surface area contributed by atoms with E-state index in [2.05, 4.69) is 5.16 Å². The van der Waals surface area contributed by atoms with Crippen LogP contribution in [0.5, 0.6) is 0 Å². The van der Waals surface area contributed by atoms with Crippen LogP contribution in [0.4, 0.5) is 0 Å². The van der Waals surface area contributed by atoms with E-state index < -0.39 is 10.0 Å². The monoisotopic (exact) mass is 262 g/mol. The first kappa shape index (κ1) is 14.4. The van der Waals surface area contributed by atoms with Gasteiger partial charge in [-0.05, 0) is 12.3 Å². The van der Waals surface area contributed by atoms with E-state index in [0.717, 1.165) is 12.1 Å². The number of sulfonamides is 1. The van der Waals surface area contributed by atoms with E-state index in [9.17, 15) is 8.42 Å². The molecule has 1 saturated heterocycles. The van der Waals surface area contributed by atoms with Gasteiger partial charge in [0.25, 0.3) is 0 Å². The summed E-state index contributed by atoms with van der Waals surface area (Å²) in [7, 11) is -3.16. The van der Waals surface area contributed by atoms with Gasteiger partial charge in [-0.25, -0.2) is 12.7 Å². The van der Waals surface area contributed by atoms with Crippen molar-refractivity contribution in [2.45, 2.75) is 33.6 Å². The van der Waals surface area contributed by atoms with Gasteiger partial charge in [-0.2, -0.15) is 0 Å². The van der Waals surface area contributed by atoms with Gasteiger partial charge in [-0.1, -0.05) is 25.9 Å². The molecule has 1 N–H and O–H groups in total. The van der Waals surface area contributed by atoms with Crippen molar-refractivity contribution in [3.05, 3.63) is 0 Å². The van der Waals surface area contributed by atoms with E-state index in [0.29, 0.717) is 19.5 Å². The molecule has 1 atom stereocenters. The predicted molar refractivity (Wildman–Crippen MR) is 67.8 cm³/mol. The highest BCUT2D eigenvalue weighted by atomic mass is 32.2. The summed E-state index contributed by atoms with van der Waals surface area (Å²) in [4.78, 5) is 0. The molecule has 17 heavy (non-hydrogen) atoms. The number of hydrogen-bond acceptors (Lipinski definition) is 4. The van der Waals surface area contributed by atoms with Gasteiger partial charge in [-0.3, -0.25) is 0 Å². The molecule has 0 aromatic rings. The lowest BCUT2D eigenvalue weighted by atomic mass is 9.95. The summed E-state index contributed by atoms with van der Waals surface area (Å²) in [6, 6.07) is 0. The Morgan fingerprint density at radius 1 is 1.53 bits per heavy atom. The van der Waals surface area contributed by atoms with Gasteiger partial charge >= 0.3 is 0 Å². The third kappa shape index (κ3) is 3.67. The van der Waals surface area contributed by atoms with Crippen molar-refractivity contribution in [1.82, 2.24) is 4.31 Å². The molecule has 0 bridgehead atoms. The first-order valence-corrected chi connectivity index (χ1v) is 7.70. The third-order valence-electron chi connectivity index (χ3n) is 3.07. The average molecular weight is 262 g/mol. The maximum atomic E-state index is 12.1. The van der Waals surface area contributed by atoms with Crippen LogP contribution in [0.1, 0.15) is 33.6 Å². The minimum Gasteiger partial charge on any atom is -0.411 e. The molecule has 1 fully saturated rings. The molecule has 0 aromatic heterocycles. The van der Waals surface area contributed by atoms with Crippen LogP contribution in [0.15, 0.2) is 5.16 Å². The maximum Gasteiger partial charge on any atom is 0.214 e. The van der Waals surface area contributed by atoms with Gasteiger partial charge in [0.1, 0.15) is 0 Å². The number of rotatable bonds is 4. The van der Waals surface area contributed by atoms with Crippen molar-refractivity contribution in [3.8, 4) is 0 Å². The zero-order valence-electron chi connectivity index (χ0n) is 10.8. The fourth-order valence-corrected chi connectivity index (χ4v) is 3.99. The lowest BCUT2D eigenvalue weighted by molar-refractivity contribution is 0.295. The Bertz CT molecular complexity index is 376. The van der Waals surface area contributed by atoms with Crippen molar-refractivity contribution < 1.29 is 13.6 Å². The molecule has 1 heterocycles. The van der Waals surface area contributed by atoms with Crippen LogP contribution < -0.4 is 0 Å². The molecule has 6 heteroatoms. The summed E-state index contributed by atoms with van der Waals surface area (Å²) in [6.45, 7) is 6.67. The highest BCUT2D eigenvalue weighted by molar-refractivity contribution is 7.89. The fourth-order valence-electron chi connectivity index (χ4n) is 2.16. The number of nitrogens with zero attached hydrogens (tertiary/aromatic N) is 2. The number of hydrogen-bond donors (Lipinski definition) is 1. The van der Waals surface area contributed by atoms with E-state index in [1.54, 1.807) is 0 Å². The molecule has 0 spiro atoms. The summed E-state index contributed by atoms with van der Waals surface area (Å²) in [5.74, 6) is 0.373. The molecule has 5 nitrogen and oxygen atoms in total. The largest absolute Gasteiger partial charge is 0.411 e. The van der Waals surface area contributed by atoms with Gasteiger partial charge < -0.3 is 5.21 Å². The SMILES string of the molecule is CCC1CN(S(=O)(=O)CC(C)C)CCC1=NO. The molecule has 0 amide bonds. The van der Waals surface area contributed by atoms with E-state index in [1.807, 2.05) is 20.8 Å². The molecule has 1 aliphatic rings. The molecule has 1 aliphatic heterocycles. The quantitative estimate of drug-likeness (QED) is 0.617. The van der Waals surface area contributed by atoms with E-state index in [4.69, 9.17) is 5.21 Å². The highest BCUT2D eigenvalue weighted by Crippen LogP contribution is 2.21. The standard InChI is InChI=1S/C11H22N2O3S/c1-4-10-7-13(6-5-11(10)12-14)17(15,16)8-9(2)3/h9-10,14H,4-8H2,1-3H3. The summed E-state index contributed by atoms with van der Waals surface area (Å²) in [6.07, 6.45) is 1.33. The fraction of sp³-hybridized carbons (Fsp3) is 0.909. The average Bonchev–Trinajstić information content (AvgIpc) is 2.26. The van der Waals surface area contributed by atoms with Crippen molar-refractivity contribution in [1.29, 1.82) is 0 Å². The summed E-state index contributed by atoms with van der Waals surface area (Å²) in [5.41, 5.74) is 0.725. The third-order valence-corrected chi connectivity index (χ3v) is 5.28. The molecule has 0 aliphatic carbocycles. The van der Waals surface area contributed by atoms with E-state index >= 15 is 0 Å². The van der Waals surface area contributed by atoms with Crippen LogP contribution in [0.3, 0.4) is 0 Å². The minimum atomic E-state index is -3.16. The Balaban J connectivity index is 2.76. The first-order valence-electron chi connectivity index (χ1n) is 6.09. The van der Waals surface area contributed by atoms with Crippen LogP contribution >= 0.6 is 0 Å². The van der Waals surface area contributed by atoms with Crippen molar-refractivity contribution in [2.75, 3.05) is 18.8 Å². The Morgan fingerprint density at radius 3 is 2.65 bits per heavy atom. The van der Waals surface area contributed by atoms with Crippen molar-refractivity contribution >= 4 is 15.7 Å². The molecule has 100 valence electrons. The zero-order chi connectivity index (χ0) is 13.1. The number of piperidine rings is 1. The number of oxime groups is 1. The molecule has 1 unspecified atom stereocenters. The predicted octanol–water partition coefficient (Wildman–Crippen LogP) is 1.53. The summed E-state index contributed by atoms with van der Waals surface area (Å²) >= 11 is 0. The van der Waals surface area contributed by atoms with Crippen LogP contribution in [-0.4, -0.2) is 42.5 Å². The Kier molecular flexibility index (Phi) is 4.94. The van der Waals surface area contributed by atoms with Crippen LogP contribution in [-0.2, 0) is 10.0 Å². The topological polar surface area (TPSA) is 70.0 Å². The maximum absolute atomic E-state index is 12.1. The normalized spacial score (nSPS) is 25.6. The van der Waals surface area contributed by atoms with Crippen LogP contribution in [0.25, 0.3) is 0 Å². The summed E-state index contributed by atoms with van der Waals surface area (Å²) < 4.78 is 25.7. The van der Waals surface area contributed by atoms with Gasteiger partial charge in [0.15, 0.2) is 0 Å². The molecule has 1 rings (SSSR count).